The molecule has 18 heavy (non-hydrogen) atoms. The number of carbonyl (C=O) groups is 1. The first-order valence-corrected chi connectivity index (χ1v) is 7.42. The molecule has 1 N–H and O–H groups in total. The van der Waals surface area contributed by atoms with Gasteiger partial charge in [-0.2, -0.15) is 11.8 Å². The Hall–Kier alpha value is -0.970. The van der Waals surface area contributed by atoms with E-state index >= 15 is 0 Å². The maximum atomic E-state index is 12.0. The van der Waals surface area contributed by atoms with Crippen molar-refractivity contribution in [2.75, 3.05) is 6.26 Å². The molecule has 4 nitrogen and oxygen atoms in total. The van der Waals surface area contributed by atoms with E-state index in [0.717, 1.165) is 6.54 Å². The molecule has 0 aliphatic rings. The van der Waals surface area contributed by atoms with Crippen molar-refractivity contribution in [3.05, 3.63) is 18.7 Å². The number of imidazole rings is 1. The van der Waals surface area contributed by atoms with E-state index in [-0.39, 0.29) is 22.6 Å². The van der Waals surface area contributed by atoms with Crippen molar-refractivity contribution >= 4 is 17.7 Å². The first-order valence-electron chi connectivity index (χ1n) is 6.13. The van der Waals surface area contributed by atoms with E-state index in [1.807, 2.05) is 23.9 Å². The molecule has 0 bridgehead atoms. The molecule has 1 aromatic heterocycles. The van der Waals surface area contributed by atoms with E-state index in [9.17, 15) is 4.79 Å². The molecular formula is C13H23N3OS. The molecule has 0 aliphatic heterocycles. The van der Waals surface area contributed by atoms with Crippen LogP contribution in [0.2, 0.25) is 0 Å². The summed E-state index contributed by atoms with van der Waals surface area (Å²) in [6.45, 7) is 9.09. The van der Waals surface area contributed by atoms with Gasteiger partial charge in [0, 0.05) is 18.9 Å². The summed E-state index contributed by atoms with van der Waals surface area (Å²) in [5, 5.41) is 3.12. The number of aromatic nitrogens is 2. The van der Waals surface area contributed by atoms with Gasteiger partial charge in [-0.1, -0.05) is 20.8 Å². The van der Waals surface area contributed by atoms with Gasteiger partial charge in [0.05, 0.1) is 17.6 Å². The highest BCUT2D eigenvalue weighted by Gasteiger charge is 2.27. The third kappa shape index (κ3) is 4.37. The number of rotatable bonds is 5. The number of carbonyl (C=O) groups excluding carboxylic acids is 1. The van der Waals surface area contributed by atoms with Crippen molar-refractivity contribution in [3.8, 4) is 0 Å². The molecule has 0 spiro atoms. The fraction of sp³-hybridized carbons (Fsp3) is 0.692. The van der Waals surface area contributed by atoms with Gasteiger partial charge < -0.3 is 9.88 Å². The molecule has 1 rings (SSSR count). The summed E-state index contributed by atoms with van der Waals surface area (Å²) >= 11 is 1.56. The second kappa shape index (κ2) is 6.27. The Balaban J connectivity index is 2.71. The summed E-state index contributed by atoms with van der Waals surface area (Å²) < 4.78 is 2.00. The second-order valence-corrected chi connectivity index (χ2v) is 6.74. The van der Waals surface area contributed by atoms with Crippen LogP contribution in [0.1, 0.15) is 27.7 Å². The van der Waals surface area contributed by atoms with Crippen molar-refractivity contribution < 1.29 is 4.79 Å². The Bertz CT molecular complexity index is 370. The number of nitrogens with zero attached hydrogens (tertiary/aromatic N) is 2. The second-order valence-electron chi connectivity index (χ2n) is 5.56. The number of thioether (sulfide) groups is 1. The minimum Gasteiger partial charge on any atom is -0.350 e. The number of nitrogens with one attached hydrogen (secondary N) is 1. The van der Waals surface area contributed by atoms with Crippen LogP contribution in [0.5, 0.6) is 0 Å². The molecule has 1 aromatic rings. The van der Waals surface area contributed by atoms with Gasteiger partial charge >= 0.3 is 0 Å². The normalized spacial score (nSPS) is 15.2. The molecule has 102 valence electrons. The van der Waals surface area contributed by atoms with E-state index in [2.05, 4.69) is 31.1 Å². The van der Waals surface area contributed by atoms with Crippen LogP contribution in [0.4, 0.5) is 0 Å². The van der Waals surface area contributed by atoms with Crippen LogP contribution in [0, 0.1) is 5.41 Å². The Morgan fingerprint density at radius 1 is 1.50 bits per heavy atom. The Labute approximate surface area is 114 Å². The van der Waals surface area contributed by atoms with Crippen LogP contribution in [-0.4, -0.2) is 33.0 Å². The standard InChI is InChI=1S/C13H23N3OS/c1-10(18-5)12(17)15-11(13(2,3)4)8-16-7-6-14-9-16/h6-7,9-11H,8H2,1-5H3,(H,15,17)/t10-,11+/m0/s1. The van der Waals surface area contributed by atoms with Crippen molar-refractivity contribution in [2.45, 2.75) is 45.5 Å². The zero-order valence-corrected chi connectivity index (χ0v) is 12.6. The highest BCUT2D eigenvalue weighted by molar-refractivity contribution is 7.99. The van der Waals surface area contributed by atoms with Crippen LogP contribution in [0.3, 0.4) is 0 Å². The molecule has 0 saturated carbocycles. The average Bonchev–Trinajstić information content (AvgIpc) is 2.78. The van der Waals surface area contributed by atoms with Gasteiger partial charge in [-0.05, 0) is 18.6 Å². The van der Waals surface area contributed by atoms with Crippen molar-refractivity contribution in [1.29, 1.82) is 0 Å². The molecule has 1 amide bonds. The minimum atomic E-state index is -0.0161. The molecule has 1 heterocycles. The smallest absolute Gasteiger partial charge is 0.233 e. The number of amides is 1. The molecule has 0 aromatic carbocycles. The van der Waals surface area contributed by atoms with E-state index in [1.54, 1.807) is 24.3 Å². The summed E-state index contributed by atoms with van der Waals surface area (Å²) in [5.74, 6) is 0.0996. The average molecular weight is 269 g/mol. The van der Waals surface area contributed by atoms with Crippen molar-refractivity contribution in [3.63, 3.8) is 0 Å². The number of hydrogen-bond donors (Lipinski definition) is 1. The fourth-order valence-corrected chi connectivity index (χ4v) is 1.82. The van der Waals surface area contributed by atoms with E-state index in [1.165, 1.54) is 0 Å². The predicted molar refractivity (Wildman–Crippen MR) is 76.6 cm³/mol. The Morgan fingerprint density at radius 2 is 2.17 bits per heavy atom. The van der Waals surface area contributed by atoms with Crippen molar-refractivity contribution in [2.24, 2.45) is 5.41 Å². The lowest BCUT2D eigenvalue weighted by Gasteiger charge is -2.32. The zero-order chi connectivity index (χ0) is 13.8. The predicted octanol–water partition coefficient (Wildman–Crippen LogP) is 2.17. The Kier molecular flexibility index (Phi) is 5.26. The van der Waals surface area contributed by atoms with Crippen LogP contribution >= 0.6 is 11.8 Å². The quantitative estimate of drug-likeness (QED) is 0.891. The van der Waals surface area contributed by atoms with E-state index in [0.29, 0.717) is 0 Å². The molecule has 0 aliphatic carbocycles. The first kappa shape index (κ1) is 15.1. The third-order valence-corrected chi connectivity index (χ3v) is 3.96. The lowest BCUT2D eigenvalue weighted by Crippen LogP contribution is -2.48. The molecule has 5 heteroatoms. The summed E-state index contributed by atoms with van der Waals surface area (Å²) in [6, 6.07) is 0.0915. The Morgan fingerprint density at radius 3 is 2.61 bits per heavy atom. The molecule has 0 saturated heterocycles. The first-order chi connectivity index (χ1) is 8.34. The topological polar surface area (TPSA) is 46.9 Å². The summed E-state index contributed by atoms with van der Waals surface area (Å²) in [4.78, 5) is 16.0. The lowest BCUT2D eigenvalue weighted by molar-refractivity contribution is -0.121. The van der Waals surface area contributed by atoms with Gasteiger partial charge in [0.25, 0.3) is 0 Å². The summed E-state index contributed by atoms with van der Waals surface area (Å²) in [6.07, 6.45) is 7.41. The third-order valence-electron chi connectivity index (χ3n) is 3.04. The van der Waals surface area contributed by atoms with Gasteiger partial charge in [0.2, 0.25) is 5.91 Å². The molecule has 2 atom stereocenters. The molecule has 0 fully saturated rings. The monoisotopic (exact) mass is 269 g/mol. The van der Waals surface area contributed by atoms with Gasteiger partial charge in [0.15, 0.2) is 0 Å². The fourth-order valence-electron chi connectivity index (χ4n) is 1.54. The summed E-state index contributed by atoms with van der Waals surface area (Å²) in [5.41, 5.74) is 0.0120. The molecular weight excluding hydrogens is 246 g/mol. The maximum Gasteiger partial charge on any atom is 0.233 e. The van der Waals surface area contributed by atoms with Crippen molar-refractivity contribution in [1.82, 2.24) is 14.9 Å². The van der Waals surface area contributed by atoms with Crippen LogP contribution in [-0.2, 0) is 11.3 Å². The van der Waals surface area contributed by atoms with Gasteiger partial charge in [-0.3, -0.25) is 4.79 Å². The minimum absolute atomic E-state index is 0.0120. The van der Waals surface area contributed by atoms with E-state index in [4.69, 9.17) is 0 Å². The largest absolute Gasteiger partial charge is 0.350 e. The molecule has 0 unspecified atom stereocenters. The highest BCUT2D eigenvalue weighted by Crippen LogP contribution is 2.21. The van der Waals surface area contributed by atoms with Crippen LogP contribution in [0.25, 0.3) is 0 Å². The maximum absolute atomic E-state index is 12.0. The molecule has 0 radical (unpaired) electrons. The van der Waals surface area contributed by atoms with Gasteiger partial charge in [0.1, 0.15) is 0 Å². The van der Waals surface area contributed by atoms with Gasteiger partial charge in [-0.15, -0.1) is 0 Å². The number of hydrogen-bond acceptors (Lipinski definition) is 3. The van der Waals surface area contributed by atoms with Crippen LogP contribution in [0.15, 0.2) is 18.7 Å². The lowest BCUT2D eigenvalue weighted by atomic mass is 9.86. The van der Waals surface area contributed by atoms with E-state index < -0.39 is 0 Å². The zero-order valence-electron chi connectivity index (χ0n) is 11.8. The van der Waals surface area contributed by atoms with Crippen LogP contribution < -0.4 is 5.32 Å². The summed E-state index contributed by atoms with van der Waals surface area (Å²) in [7, 11) is 0. The SMILES string of the molecule is CS[C@@H](C)C(=O)N[C@H](Cn1ccnc1)C(C)(C)C. The van der Waals surface area contributed by atoms with Gasteiger partial charge in [-0.25, -0.2) is 4.98 Å². The highest BCUT2D eigenvalue weighted by atomic mass is 32.2.